The number of rotatable bonds is 5. The molecule has 0 spiro atoms. The molecule has 0 radical (unpaired) electrons. The second-order valence-corrected chi connectivity index (χ2v) is 6.28. The van der Waals surface area contributed by atoms with Crippen molar-refractivity contribution in [2.75, 3.05) is 5.32 Å². The predicted molar refractivity (Wildman–Crippen MR) is 82.0 cm³/mol. The first-order chi connectivity index (χ1) is 10.2. The predicted octanol–water partition coefficient (Wildman–Crippen LogP) is 2.90. The molecule has 1 aliphatic rings. The monoisotopic (exact) mass is 303 g/mol. The van der Waals surface area contributed by atoms with Crippen molar-refractivity contribution >= 4 is 23.1 Å². The zero-order valence-corrected chi connectivity index (χ0v) is 12.7. The fourth-order valence-electron chi connectivity index (χ4n) is 2.52. The second kappa shape index (κ2) is 5.81. The van der Waals surface area contributed by atoms with Crippen LogP contribution in [0.25, 0.3) is 0 Å². The van der Waals surface area contributed by atoms with Crippen LogP contribution in [0.4, 0.5) is 5.82 Å². The van der Waals surface area contributed by atoms with E-state index in [-0.39, 0.29) is 5.56 Å². The molecule has 21 heavy (non-hydrogen) atoms. The van der Waals surface area contributed by atoms with Gasteiger partial charge in [-0.15, -0.1) is 11.3 Å². The van der Waals surface area contributed by atoms with Gasteiger partial charge in [-0.1, -0.05) is 6.92 Å². The van der Waals surface area contributed by atoms with Gasteiger partial charge in [-0.05, 0) is 37.3 Å². The zero-order chi connectivity index (χ0) is 14.8. The number of anilines is 1. The van der Waals surface area contributed by atoms with Crippen molar-refractivity contribution < 1.29 is 9.90 Å². The molecule has 2 aromatic rings. The maximum absolute atomic E-state index is 11.4. The Bertz CT molecular complexity index is 682. The number of carboxylic acids is 1. The number of carboxylic acid groups (broad SMARTS) is 1. The van der Waals surface area contributed by atoms with E-state index in [0.717, 1.165) is 41.9 Å². The van der Waals surface area contributed by atoms with Gasteiger partial charge in [0.05, 0.1) is 6.54 Å². The molecule has 0 fully saturated rings. The molecule has 5 nitrogen and oxygen atoms in total. The van der Waals surface area contributed by atoms with Crippen molar-refractivity contribution in [3.05, 3.63) is 39.0 Å². The Balaban J connectivity index is 1.82. The van der Waals surface area contributed by atoms with E-state index in [9.17, 15) is 9.90 Å². The third-order valence-corrected chi connectivity index (χ3v) is 4.78. The van der Waals surface area contributed by atoms with Crippen molar-refractivity contribution in [1.29, 1.82) is 0 Å². The number of carbonyl (C=O) groups is 1. The number of nitrogens with zero attached hydrogens (tertiary/aromatic N) is 2. The number of hydrogen-bond acceptors (Lipinski definition) is 5. The van der Waals surface area contributed by atoms with E-state index in [2.05, 4.69) is 22.2 Å². The highest BCUT2D eigenvalue weighted by Crippen LogP contribution is 2.26. The van der Waals surface area contributed by atoms with Crippen molar-refractivity contribution in [3.63, 3.8) is 0 Å². The average molecular weight is 303 g/mol. The quantitative estimate of drug-likeness (QED) is 0.888. The molecule has 0 aromatic carbocycles. The lowest BCUT2D eigenvalue weighted by Gasteiger charge is -2.10. The third kappa shape index (κ3) is 2.90. The van der Waals surface area contributed by atoms with E-state index in [1.54, 1.807) is 17.4 Å². The summed E-state index contributed by atoms with van der Waals surface area (Å²) in [5.41, 5.74) is 2.35. The minimum atomic E-state index is -0.937. The molecule has 0 saturated heterocycles. The topological polar surface area (TPSA) is 75.1 Å². The van der Waals surface area contributed by atoms with Gasteiger partial charge in [0.25, 0.3) is 0 Å². The van der Waals surface area contributed by atoms with Gasteiger partial charge in [0.1, 0.15) is 16.4 Å². The Kier molecular flexibility index (Phi) is 3.88. The summed E-state index contributed by atoms with van der Waals surface area (Å²) in [5.74, 6) is -0.482. The SMILES string of the molecule is CCc1cnc(CNc2nc3c(cc2C(=O)O)CCC3)s1. The summed E-state index contributed by atoms with van der Waals surface area (Å²) < 4.78 is 0. The summed E-state index contributed by atoms with van der Waals surface area (Å²) in [7, 11) is 0. The van der Waals surface area contributed by atoms with Gasteiger partial charge in [0, 0.05) is 16.8 Å². The Morgan fingerprint density at radius 3 is 3.05 bits per heavy atom. The number of pyridine rings is 1. The Morgan fingerprint density at radius 1 is 1.48 bits per heavy atom. The highest BCUT2D eigenvalue weighted by Gasteiger charge is 2.19. The van der Waals surface area contributed by atoms with E-state index in [1.807, 2.05) is 6.20 Å². The van der Waals surface area contributed by atoms with Gasteiger partial charge in [-0.3, -0.25) is 0 Å². The second-order valence-electron chi connectivity index (χ2n) is 5.08. The van der Waals surface area contributed by atoms with Crippen LogP contribution in [0.2, 0.25) is 0 Å². The Hall–Kier alpha value is -1.95. The smallest absolute Gasteiger partial charge is 0.339 e. The molecule has 110 valence electrons. The van der Waals surface area contributed by atoms with E-state index in [4.69, 9.17) is 0 Å². The Labute approximate surface area is 127 Å². The first-order valence-electron chi connectivity index (χ1n) is 7.11. The van der Waals surface area contributed by atoms with Crippen LogP contribution in [-0.2, 0) is 25.8 Å². The van der Waals surface area contributed by atoms with Crippen LogP contribution < -0.4 is 5.32 Å². The highest BCUT2D eigenvalue weighted by molar-refractivity contribution is 7.11. The molecule has 1 aliphatic carbocycles. The summed E-state index contributed by atoms with van der Waals surface area (Å²) in [6, 6.07) is 1.76. The maximum atomic E-state index is 11.4. The number of fused-ring (bicyclic) bond motifs is 1. The first kappa shape index (κ1) is 14.0. The van der Waals surface area contributed by atoms with Crippen LogP contribution in [0, 0.1) is 0 Å². The van der Waals surface area contributed by atoms with E-state index >= 15 is 0 Å². The van der Waals surface area contributed by atoms with E-state index < -0.39 is 5.97 Å². The fourth-order valence-corrected chi connectivity index (χ4v) is 3.32. The molecule has 3 rings (SSSR count). The Morgan fingerprint density at radius 2 is 2.33 bits per heavy atom. The lowest BCUT2D eigenvalue weighted by atomic mass is 10.1. The van der Waals surface area contributed by atoms with Crippen LogP contribution >= 0.6 is 11.3 Å². The number of aromatic nitrogens is 2. The summed E-state index contributed by atoms with van der Waals surface area (Å²) in [6.07, 6.45) is 5.75. The number of nitrogens with one attached hydrogen (secondary N) is 1. The van der Waals surface area contributed by atoms with Crippen molar-refractivity contribution in [3.8, 4) is 0 Å². The minimum absolute atomic E-state index is 0.253. The van der Waals surface area contributed by atoms with Crippen LogP contribution in [0.15, 0.2) is 12.3 Å². The molecule has 0 bridgehead atoms. The van der Waals surface area contributed by atoms with Crippen LogP contribution in [0.1, 0.15) is 44.8 Å². The van der Waals surface area contributed by atoms with Gasteiger partial charge >= 0.3 is 5.97 Å². The maximum Gasteiger partial charge on any atom is 0.339 e. The molecule has 0 aliphatic heterocycles. The molecule has 0 atom stereocenters. The summed E-state index contributed by atoms with van der Waals surface area (Å²) in [5, 5.41) is 13.4. The first-order valence-corrected chi connectivity index (χ1v) is 7.92. The van der Waals surface area contributed by atoms with Crippen molar-refractivity contribution in [2.24, 2.45) is 0 Å². The zero-order valence-electron chi connectivity index (χ0n) is 11.8. The van der Waals surface area contributed by atoms with Crippen LogP contribution in [0.3, 0.4) is 0 Å². The van der Waals surface area contributed by atoms with E-state index in [0.29, 0.717) is 12.4 Å². The molecular formula is C15H17N3O2S. The number of aryl methyl sites for hydroxylation is 3. The molecule has 0 saturated carbocycles. The molecule has 0 amide bonds. The summed E-state index contributed by atoms with van der Waals surface area (Å²) >= 11 is 1.64. The summed E-state index contributed by atoms with van der Waals surface area (Å²) in [4.78, 5) is 21.5. The van der Waals surface area contributed by atoms with E-state index in [1.165, 1.54) is 4.88 Å². The normalized spacial score (nSPS) is 13.2. The molecule has 2 aromatic heterocycles. The molecular weight excluding hydrogens is 286 g/mol. The van der Waals surface area contributed by atoms with Gasteiger partial charge in [0.15, 0.2) is 0 Å². The number of aromatic carboxylic acids is 1. The standard InChI is InChI=1S/C15H17N3O2S/c1-2-10-7-16-13(21-10)8-17-14-11(15(19)20)6-9-4-3-5-12(9)18-14/h6-7H,2-5,8H2,1H3,(H,17,18)(H,19,20). The fraction of sp³-hybridized carbons (Fsp3) is 0.400. The lowest BCUT2D eigenvalue weighted by molar-refractivity contribution is 0.0697. The number of thiazole rings is 1. The van der Waals surface area contributed by atoms with Gasteiger partial charge in [0.2, 0.25) is 0 Å². The largest absolute Gasteiger partial charge is 0.478 e. The van der Waals surface area contributed by atoms with Crippen molar-refractivity contribution in [1.82, 2.24) is 9.97 Å². The molecule has 2 heterocycles. The highest BCUT2D eigenvalue weighted by atomic mass is 32.1. The third-order valence-electron chi connectivity index (χ3n) is 3.64. The molecule has 0 unspecified atom stereocenters. The van der Waals surface area contributed by atoms with Crippen LogP contribution in [0.5, 0.6) is 0 Å². The van der Waals surface area contributed by atoms with Gasteiger partial charge in [-0.2, -0.15) is 0 Å². The van der Waals surface area contributed by atoms with Crippen molar-refractivity contribution in [2.45, 2.75) is 39.2 Å². The van der Waals surface area contributed by atoms with Crippen LogP contribution in [-0.4, -0.2) is 21.0 Å². The van der Waals surface area contributed by atoms with Gasteiger partial charge in [-0.25, -0.2) is 14.8 Å². The van der Waals surface area contributed by atoms with Gasteiger partial charge < -0.3 is 10.4 Å². The molecule has 6 heteroatoms. The minimum Gasteiger partial charge on any atom is -0.478 e. The average Bonchev–Trinajstić information content (AvgIpc) is 3.12. The molecule has 2 N–H and O–H groups in total. The summed E-state index contributed by atoms with van der Waals surface area (Å²) in [6.45, 7) is 2.60. The number of hydrogen-bond donors (Lipinski definition) is 2. The lowest BCUT2D eigenvalue weighted by Crippen LogP contribution is -2.10.